The SMILES string of the molecule is Cc1ccc(C2CCC(C)CN2)cc1Cl.Cc1ccc(C2CCC(C)CN2C(=O)C(=O)Nc2cncc(C(N)=O)c2)cc1Cl.Cc1ccc([C@@H]2CC[C@@H](C)CN2C(=O)C(=O)Nc2cncc(C(N)=O)c2)cc1Cl.Cc1ccc([C@H]2CC[C@H](C)CN2C(=O)C(=O)Nc2cncc(C(N)=O)c2)cc1Cl.NC(=O)c1cncc(NC(=O)C(=O)O)c1. The Morgan fingerprint density at radius 1 is 0.359 bits per heavy atom. The van der Waals surface area contributed by atoms with Crippen LogP contribution in [-0.2, 0) is 38.4 Å². The third-order valence-electron chi connectivity index (χ3n) is 20.1. The van der Waals surface area contributed by atoms with E-state index in [-0.39, 0.29) is 80.9 Å². The number of piperidine rings is 4. The molecule has 4 saturated heterocycles. The number of aliphatic carboxylic acids is 1. The smallest absolute Gasteiger partial charge is 0.394 e. The summed E-state index contributed by atoms with van der Waals surface area (Å²) in [5.74, 6) is -8.16. The standard InChI is InChI=1S/3C21H23ClN4O3.C13H18ClN.C8H7N3O4/c3*1-12-3-6-18(14-5-4-13(2)17(22)8-14)26(11-12)21(29)20(28)25-16-7-15(19(23)27)9-24-10-16;1-9-3-6-13(15-8-9)11-5-4-10(2)12(14)7-11;9-6(12)4-1-5(3-10-2-4)11-7(13)8(14)15/h3*4-5,7-10,12,18H,3,6,11H2,1-2H3,(H2,23,27)(H,25,28);4-5,7,9,13,15H,3,6,8H2,1-2H3;1-3H,(H2,9,12)(H,11,13)(H,14,15)/t2*12-,18+;;;/m10.../s1. The zero-order chi connectivity index (χ0) is 85.6. The number of aromatic nitrogens is 4. The van der Waals surface area contributed by atoms with Crippen LogP contribution in [0.1, 0.15) is 189 Å². The van der Waals surface area contributed by atoms with Crippen LogP contribution >= 0.6 is 46.4 Å². The molecule has 0 bridgehead atoms. The summed E-state index contributed by atoms with van der Waals surface area (Å²) in [6, 6.07) is 28.8. The number of nitrogens with two attached hydrogens (primary N) is 4. The van der Waals surface area contributed by atoms with Crippen LogP contribution in [0.2, 0.25) is 20.1 Å². The minimum Gasteiger partial charge on any atom is -0.474 e. The zero-order valence-electron chi connectivity index (χ0n) is 65.8. The maximum absolute atomic E-state index is 13.0. The highest BCUT2D eigenvalue weighted by Crippen LogP contribution is 2.39. The summed E-state index contributed by atoms with van der Waals surface area (Å²) in [6.45, 7) is 18.8. The van der Waals surface area contributed by atoms with Gasteiger partial charge in [0.15, 0.2) is 0 Å². The number of rotatable bonds is 12. The molecule has 4 aliphatic rings. The quantitative estimate of drug-likeness (QED) is 0.0508. The minimum atomic E-state index is -1.63. The van der Waals surface area contributed by atoms with Crippen molar-refractivity contribution in [1.82, 2.24) is 40.0 Å². The number of primary amides is 4. The fourth-order valence-corrected chi connectivity index (χ4v) is 14.2. The number of hydrogen-bond donors (Lipinski definition) is 10. The molecule has 8 heterocycles. The number of nitrogens with one attached hydrogen (secondary N) is 5. The van der Waals surface area contributed by atoms with Crippen molar-refractivity contribution in [1.29, 1.82) is 0 Å². The van der Waals surface area contributed by atoms with Crippen molar-refractivity contribution in [3.63, 3.8) is 0 Å². The Kier molecular flexibility index (Phi) is 32.7. The second kappa shape index (κ2) is 42.2. The van der Waals surface area contributed by atoms with Crippen LogP contribution in [0.3, 0.4) is 0 Å². The molecule has 0 saturated carbocycles. The number of nitrogens with zero attached hydrogens (tertiary/aromatic N) is 7. The molecule has 0 radical (unpaired) electrons. The van der Waals surface area contributed by atoms with Gasteiger partial charge in [0.25, 0.3) is 0 Å². The first-order chi connectivity index (χ1) is 55.4. The molecule has 4 fully saturated rings. The molecule has 0 spiro atoms. The van der Waals surface area contributed by atoms with Crippen molar-refractivity contribution in [2.45, 2.75) is 131 Å². The van der Waals surface area contributed by atoms with Gasteiger partial charge in [0.05, 0.1) is 87.9 Å². The van der Waals surface area contributed by atoms with E-state index in [0.29, 0.717) is 40.7 Å². The number of aryl methyl sites for hydroxylation is 4. The van der Waals surface area contributed by atoms with E-state index < -0.39 is 70.9 Å². The van der Waals surface area contributed by atoms with Gasteiger partial charge in [-0.2, -0.15) is 0 Å². The molecule has 11 amide bonds. The van der Waals surface area contributed by atoms with Crippen LogP contribution in [0.4, 0.5) is 22.7 Å². The van der Waals surface area contributed by atoms with E-state index in [2.05, 4.69) is 87.1 Å². The molecule has 4 aliphatic heterocycles. The molecular weight excluding hydrogens is 1580 g/mol. The van der Waals surface area contributed by atoms with Crippen molar-refractivity contribution in [2.24, 2.45) is 46.6 Å². The van der Waals surface area contributed by atoms with Gasteiger partial charge in [-0.3, -0.25) is 72.7 Å². The van der Waals surface area contributed by atoms with Crippen LogP contribution in [0, 0.1) is 51.4 Å². The number of carboxylic acids is 1. The Labute approximate surface area is 697 Å². The Bertz CT molecular complexity index is 4680. The van der Waals surface area contributed by atoms with Gasteiger partial charge < -0.3 is 69.3 Å². The minimum absolute atomic E-state index is 0.0817. The summed E-state index contributed by atoms with van der Waals surface area (Å²) >= 11 is 24.9. The van der Waals surface area contributed by atoms with Crippen molar-refractivity contribution in [3.8, 4) is 0 Å². The van der Waals surface area contributed by atoms with E-state index in [4.69, 9.17) is 74.4 Å². The Morgan fingerprint density at radius 3 is 0.863 bits per heavy atom. The van der Waals surface area contributed by atoms with Crippen molar-refractivity contribution < 1.29 is 62.6 Å². The lowest BCUT2D eigenvalue weighted by Gasteiger charge is -2.38. The predicted molar refractivity (Wildman–Crippen MR) is 446 cm³/mol. The van der Waals surface area contributed by atoms with Gasteiger partial charge in [0.1, 0.15) is 0 Å². The van der Waals surface area contributed by atoms with E-state index in [9.17, 15) is 57.5 Å². The Hall–Kier alpha value is -11.8. The van der Waals surface area contributed by atoms with Crippen LogP contribution < -0.4 is 49.5 Å². The van der Waals surface area contributed by atoms with E-state index in [1.807, 2.05) is 87.6 Å². The lowest BCUT2D eigenvalue weighted by molar-refractivity contribution is -0.147. The van der Waals surface area contributed by atoms with Gasteiger partial charge in [0.2, 0.25) is 23.6 Å². The largest absolute Gasteiger partial charge is 0.474 e. The number of pyridine rings is 4. The van der Waals surface area contributed by atoms with Crippen LogP contribution in [0.15, 0.2) is 147 Å². The number of carboxylic acid groups (broad SMARTS) is 1. The van der Waals surface area contributed by atoms with E-state index in [1.54, 1.807) is 14.7 Å². The van der Waals surface area contributed by atoms with E-state index in [1.165, 1.54) is 92.2 Å². The van der Waals surface area contributed by atoms with Gasteiger partial charge in [-0.1, -0.05) is 123 Å². The topological polar surface area (TPSA) is 451 Å². The molecule has 33 heteroatoms. The molecule has 12 rings (SSSR count). The molecule has 117 heavy (non-hydrogen) atoms. The molecule has 14 N–H and O–H groups in total. The molecule has 616 valence electrons. The lowest BCUT2D eigenvalue weighted by Crippen LogP contribution is -2.46. The summed E-state index contributed by atoms with van der Waals surface area (Å²) < 4.78 is 0. The van der Waals surface area contributed by atoms with Gasteiger partial charge >= 0.3 is 47.3 Å². The average molecular weight is 1680 g/mol. The van der Waals surface area contributed by atoms with Gasteiger partial charge in [0, 0.05) is 70.6 Å². The molecular formula is C84H94Cl4N16O13. The third kappa shape index (κ3) is 25.9. The second-order valence-electron chi connectivity index (χ2n) is 29.6. The Morgan fingerprint density at radius 2 is 0.615 bits per heavy atom. The first-order valence-electron chi connectivity index (χ1n) is 37.6. The average Bonchev–Trinajstić information content (AvgIpc) is 0.806. The summed E-state index contributed by atoms with van der Waals surface area (Å²) in [7, 11) is 0. The summed E-state index contributed by atoms with van der Waals surface area (Å²) in [6.07, 6.45) is 18.0. The molecule has 4 aromatic heterocycles. The maximum atomic E-state index is 13.0. The summed E-state index contributed by atoms with van der Waals surface area (Å²) in [4.78, 5) is 162. The van der Waals surface area contributed by atoms with Crippen LogP contribution in [0.25, 0.3) is 0 Å². The first-order valence-corrected chi connectivity index (χ1v) is 39.1. The number of likely N-dealkylation sites (tertiary alicyclic amines) is 3. The van der Waals surface area contributed by atoms with E-state index >= 15 is 0 Å². The molecule has 8 atom stereocenters. The summed E-state index contributed by atoms with van der Waals surface area (Å²) in [5.41, 5.74) is 30.1. The molecule has 8 aromatic rings. The number of hydrogen-bond acceptors (Lipinski definition) is 17. The van der Waals surface area contributed by atoms with Crippen molar-refractivity contribution in [2.75, 3.05) is 47.4 Å². The highest BCUT2D eigenvalue weighted by molar-refractivity contribution is 6.41. The maximum Gasteiger partial charge on any atom is 0.394 e. The van der Waals surface area contributed by atoms with Crippen molar-refractivity contribution in [3.05, 3.63) is 233 Å². The second-order valence-corrected chi connectivity index (χ2v) is 31.2. The zero-order valence-corrected chi connectivity index (χ0v) is 68.8. The monoisotopic (exact) mass is 1670 g/mol. The van der Waals surface area contributed by atoms with Gasteiger partial charge in [-0.25, -0.2) is 4.79 Å². The number of anilines is 4. The Balaban J connectivity index is 0.000000187. The van der Waals surface area contributed by atoms with Crippen LogP contribution in [-0.4, -0.2) is 137 Å². The van der Waals surface area contributed by atoms with Gasteiger partial charge in [-0.15, -0.1) is 0 Å². The normalized spacial score (nSPS) is 18.7. The number of carbonyl (C=O) groups is 12. The summed E-state index contributed by atoms with van der Waals surface area (Å²) in [5, 5.41) is 24.2. The van der Waals surface area contributed by atoms with Crippen molar-refractivity contribution >= 4 is 140 Å². The first kappa shape index (κ1) is 90.8. The molecule has 4 aromatic carbocycles. The molecule has 4 unspecified atom stereocenters. The van der Waals surface area contributed by atoms with E-state index in [0.717, 1.165) is 95.0 Å². The fourth-order valence-electron chi connectivity index (χ4n) is 13.4. The highest BCUT2D eigenvalue weighted by atomic mass is 35.5. The fraction of sp³-hybridized carbons (Fsp3) is 0.333. The van der Waals surface area contributed by atoms with Gasteiger partial charge in [-0.05, 0) is 202 Å². The third-order valence-corrected chi connectivity index (χ3v) is 21.8. The number of carbonyl (C=O) groups excluding carboxylic acids is 11. The number of benzene rings is 4. The highest BCUT2D eigenvalue weighted by Gasteiger charge is 2.38. The predicted octanol–water partition coefficient (Wildman–Crippen LogP) is 12.2. The number of amides is 11. The molecule has 29 nitrogen and oxygen atoms in total. The number of halogens is 4. The van der Waals surface area contributed by atoms with Crippen LogP contribution in [0.5, 0.6) is 0 Å². The lowest BCUT2D eigenvalue weighted by atomic mass is 9.89. The molecule has 0 aliphatic carbocycles.